The van der Waals surface area contributed by atoms with Gasteiger partial charge in [0.1, 0.15) is 0 Å². The fourth-order valence-corrected chi connectivity index (χ4v) is 1.87. The van der Waals surface area contributed by atoms with Crippen LogP contribution in [0.4, 0.5) is 5.69 Å². The Kier molecular flexibility index (Phi) is 2.88. The molecular weight excluding hydrogens is 216 g/mol. The zero-order valence-electron chi connectivity index (χ0n) is 8.06. The van der Waals surface area contributed by atoms with E-state index in [1.165, 1.54) is 6.20 Å². The minimum Gasteiger partial charge on any atom is -0.396 e. The van der Waals surface area contributed by atoms with E-state index in [9.17, 15) is 4.79 Å². The second-order valence-corrected chi connectivity index (χ2v) is 4.05. The molecule has 4 nitrogen and oxygen atoms in total. The molecule has 1 aromatic rings. The molecule has 1 amide bonds. The van der Waals surface area contributed by atoms with Crippen LogP contribution in [0.1, 0.15) is 6.42 Å². The largest absolute Gasteiger partial charge is 0.396 e. The number of aliphatic hydroxyl groups is 1. The van der Waals surface area contributed by atoms with Gasteiger partial charge in [-0.2, -0.15) is 0 Å². The molecule has 0 aromatic carbocycles. The summed E-state index contributed by atoms with van der Waals surface area (Å²) in [7, 11) is 0. The number of aromatic nitrogens is 1. The van der Waals surface area contributed by atoms with Crippen molar-refractivity contribution in [3.8, 4) is 0 Å². The van der Waals surface area contributed by atoms with E-state index in [2.05, 4.69) is 4.98 Å². The van der Waals surface area contributed by atoms with Crippen molar-refractivity contribution in [3.63, 3.8) is 0 Å². The van der Waals surface area contributed by atoms with Crippen molar-refractivity contribution in [2.24, 2.45) is 5.92 Å². The third kappa shape index (κ3) is 2.11. The first-order chi connectivity index (χ1) is 7.20. The number of hydrogen-bond acceptors (Lipinski definition) is 3. The van der Waals surface area contributed by atoms with Crippen molar-refractivity contribution < 1.29 is 9.90 Å². The summed E-state index contributed by atoms with van der Waals surface area (Å²) < 4.78 is 0. The van der Waals surface area contributed by atoms with Crippen molar-refractivity contribution in [1.29, 1.82) is 0 Å². The molecule has 1 aliphatic rings. The van der Waals surface area contributed by atoms with Gasteiger partial charge in [-0.3, -0.25) is 9.78 Å². The third-order valence-corrected chi connectivity index (χ3v) is 2.67. The summed E-state index contributed by atoms with van der Waals surface area (Å²) in [5.74, 6) is 0.0367. The molecule has 1 aliphatic heterocycles. The van der Waals surface area contributed by atoms with Crippen LogP contribution < -0.4 is 4.90 Å². The molecule has 0 saturated carbocycles. The van der Waals surface area contributed by atoms with Crippen LogP contribution in [0.25, 0.3) is 0 Å². The van der Waals surface area contributed by atoms with Crippen LogP contribution in [0.2, 0.25) is 5.02 Å². The summed E-state index contributed by atoms with van der Waals surface area (Å²) >= 11 is 5.79. The van der Waals surface area contributed by atoms with E-state index in [0.29, 0.717) is 23.7 Å². The minimum atomic E-state index is 0.0121. The van der Waals surface area contributed by atoms with Crippen LogP contribution in [-0.4, -0.2) is 29.1 Å². The normalized spacial score (nSPS) is 21.1. The SMILES string of the molecule is O=C1CC(CO)CN1c1cncc(Cl)c1. The van der Waals surface area contributed by atoms with E-state index in [1.54, 1.807) is 17.2 Å². The number of pyridine rings is 1. The van der Waals surface area contributed by atoms with Gasteiger partial charge < -0.3 is 10.0 Å². The van der Waals surface area contributed by atoms with Gasteiger partial charge in [0.05, 0.1) is 16.9 Å². The number of carbonyl (C=O) groups excluding carboxylic acids is 1. The number of amides is 1. The highest BCUT2D eigenvalue weighted by Gasteiger charge is 2.30. The van der Waals surface area contributed by atoms with Gasteiger partial charge in [-0.05, 0) is 6.07 Å². The highest BCUT2D eigenvalue weighted by atomic mass is 35.5. The van der Waals surface area contributed by atoms with E-state index < -0.39 is 0 Å². The summed E-state index contributed by atoms with van der Waals surface area (Å²) in [6.45, 7) is 0.577. The lowest BCUT2D eigenvalue weighted by atomic mass is 10.1. The Morgan fingerprint density at radius 1 is 1.60 bits per heavy atom. The van der Waals surface area contributed by atoms with Gasteiger partial charge in [-0.25, -0.2) is 0 Å². The standard InChI is InChI=1S/C10H11ClN2O2/c11-8-2-9(4-12-3-8)13-5-7(6-14)1-10(13)15/h2-4,7,14H,1,5-6H2. The number of nitrogens with zero attached hydrogens (tertiary/aromatic N) is 2. The molecule has 0 radical (unpaired) electrons. The van der Waals surface area contributed by atoms with Crippen LogP contribution in [0.5, 0.6) is 0 Å². The van der Waals surface area contributed by atoms with Gasteiger partial charge in [-0.15, -0.1) is 0 Å². The maximum absolute atomic E-state index is 11.6. The predicted molar refractivity (Wildman–Crippen MR) is 56.8 cm³/mol. The molecule has 0 spiro atoms. The van der Waals surface area contributed by atoms with E-state index in [1.807, 2.05) is 0 Å². The van der Waals surface area contributed by atoms with Crippen LogP contribution in [0.3, 0.4) is 0 Å². The number of rotatable bonds is 2. The van der Waals surface area contributed by atoms with E-state index >= 15 is 0 Å². The Morgan fingerprint density at radius 3 is 3.00 bits per heavy atom. The number of carbonyl (C=O) groups is 1. The third-order valence-electron chi connectivity index (χ3n) is 2.47. The smallest absolute Gasteiger partial charge is 0.227 e. The molecule has 15 heavy (non-hydrogen) atoms. The summed E-state index contributed by atoms with van der Waals surface area (Å²) in [4.78, 5) is 17.1. The Labute approximate surface area is 92.5 Å². The summed E-state index contributed by atoms with van der Waals surface area (Å²) in [5.41, 5.74) is 0.698. The quantitative estimate of drug-likeness (QED) is 0.821. The first-order valence-corrected chi connectivity index (χ1v) is 5.10. The minimum absolute atomic E-state index is 0.0121. The molecule has 1 unspecified atom stereocenters. The summed E-state index contributed by atoms with van der Waals surface area (Å²) in [5, 5.41) is 9.49. The predicted octanol–water partition coefficient (Wildman–Crippen LogP) is 1.08. The fraction of sp³-hybridized carbons (Fsp3) is 0.400. The molecule has 1 saturated heterocycles. The van der Waals surface area contributed by atoms with Gasteiger partial charge in [0.25, 0.3) is 0 Å². The average Bonchev–Trinajstić information content (AvgIpc) is 2.60. The molecule has 2 heterocycles. The molecule has 80 valence electrons. The monoisotopic (exact) mass is 226 g/mol. The van der Waals surface area contributed by atoms with E-state index in [4.69, 9.17) is 16.7 Å². The van der Waals surface area contributed by atoms with Crippen molar-refractivity contribution in [2.75, 3.05) is 18.1 Å². The Hall–Kier alpha value is -1.13. The fourth-order valence-electron chi connectivity index (χ4n) is 1.70. The molecule has 0 aliphatic carbocycles. The van der Waals surface area contributed by atoms with Crippen molar-refractivity contribution >= 4 is 23.2 Å². The van der Waals surface area contributed by atoms with Crippen LogP contribution in [0, 0.1) is 5.92 Å². The lowest BCUT2D eigenvalue weighted by molar-refractivity contribution is -0.117. The van der Waals surface area contributed by atoms with Crippen molar-refractivity contribution in [2.45, 2.75) is 6.42 Å². The molecular formula is C10H11ClN2O2. The van der Waals surface area contributed by atoms with Gasteiger partial charge in [0.2, 0.25) is 5.91 Å². The molecule has 0 bridgehead atoms. The summed E-state index contributed by atoms with van der Waals surface area (Å²) in [6, 6.07) is 1.70. The Bertz CT molecular complexity index is 383. The molecule has 1 aromatic heterocycles. The van der Waals surface area contributed by atoms with Crippen molar-refractivity contribution in [3.05, 3.63) is 23.5 Å². The number of halogens is 1. The van der Waals surface area contributed by atoms with Crippen LogP contribution in [-0.2, 0) is 4.79 Å². The van der Waals surface area contributed by atoms with E-state index in [-0.39, 0.29) is 18.4 Å². The van der Waals surface area contributed by atoms with Gasteiger partial charge in [-0.1, -0.05) is 11.6 Å². The topological polar surface area (TPSA) is 53.4 Å². The Balaban J connectivity index is 2.21. The Morgan fingerprint density at radius 2 is 2.40 bits per heavy atom. The van der Waals surface area contributed by atoms with E-state index in [0.717, 1.165) is 0 Å². The highest BCUT2D eigenvalue weighted by Crippen LogP contribution is 2.25. The second kappa shape index (κ2) is 4.16. The highest BCUT2D eigenvalue weighted by molar-refractivity contribution is 6.30. The second-order valence-electron chi connectivity index (χ2n) is 3.62. The molecule has 5 heteroatoms. The first-order valence-electron chi connectivity index (χ1n) is 4.72. The lowest BCUT2D eigenvalue weighted by Gasteiger charge is -2.15. The zero-order chi connectivity index (χ0) is 10.8. The van der Waals surface area contributed by atoms with Gasteiger partial charge in [0.15, 0.2) is 0 Å². The van der Waals surface area contributed by atoms with Gasteiger partial charge >= 0.3 is 0 Å². The number of hydrogen-bond donors (Lipinski definition) is 1. The first kappa shape index (κ1) is 10.4. The summed E-state index contributed by atoms with van der Waals surface area (Å²) in [6.07, 6.45) is 3.52. The maximum atomic E-state index is 11.6. The zero-order valence-corrected chi connectivity index (χ0v) is 8.81. The number of aliphatic hydroxyl groups excluding tert-OH is 1. The van der Waals surface area contributed by atoms with Crippen LogP contribution >= 0.6 is 11.6 Å². The van der Waals surface area contributed by atoms with Crippen molar-refractivity contribution in [1.82, 2.24) is 4.98 Å². The lowest BCUT2D eigenvalue weighted by Crippen LogP contribution is -2.24. The molecule has 1 atom stereocenters. The maximum Gasteiger partial charge on any atom is 0.227 e. The molecule has 1 fully saturated rings. The van der Waals surface area contributed by atoms with Crippen LogP contribution in [0.15, 0.2) is 18.5 Å². The average molecular weight is 227 g/mol. The van der Waals surface area contributed by atoms with Gasteiger partial charge in [0, 0.05) is 31.7 Å². The molecule has 1 N–H and O–H groups in total. The number of anilines is 1. The molecule has 2 rings (SSSR count).